The van der Waals surface area contributed by atoms with Gasteiger partial charge in [-0.05, 0) is 30.7 Å². The van der Waals surface area contributed by atoms with Gasteiger partial charge >= 0.3 is 0 Å². The molecule has 1 saturated carbocycles. The maximum absolute atomic E-state index is 5.98. The van der Waals surface area contributed by atoms with Gasteiger partial charge in [-0.2, -0.15) is 11.8 Å². The summed E-state index contributed by atoms with van der Waals surface area (Å²) in [6, 6.07) is 9.08. The third-order valence-corrected chi connectivity index (χ3v) is 5.62. The molecular weight excluding hydrogens is 288 g/mol. The van der Waals surface area contributed by atoms with E-state index in [-0.39, 0.29) is 0 Å². The van der Waals surface area contributed by atoms with E-state index in [2.05, 4.69) is 47.5 Å². The summed E-state index contributed by atoms with van der Waals surface area (Å²) >= 11 is 8.08. The lowest BCUT2D eigenvalue weighted by molar-refractivity contribution is 0.522. The topological polar surface area (TPSA) is 17.8 Å². The number of alkyl halides is 1. The zero-order chi connectivity index (χ0) is 13.9. The summed E-state index contributed by atoms with van der Waals surface area (Å²) in [7, 11) is 0. The molecule has 2 atom stereocenters. The molecule has 1 fully saturated rings. The average molecular weight is 309 g/mol. The molecule has 0 N–H and O–H groups in total. The Morgan fingerprint density at radius 2 is 2.20 bits per heavy atom. The van der Waals surface area contributed by atoms with Gasteiger partial charge in [0.2, 0.25) is 0 Å². The number of fused-ring (bicyclic) bond motifs is 1. The lowest BCUT2D eigenvalue weighted by Gasteiger charge is -2.23. The Hall–Kier alpha value is -0.670. The predicted octanol–water partition coefficient (Wildman–Crippen LogP) is 4.66. The number of imidazole rings is 1. The fraction of sp³-hybridized carbons (Fsp3) is 0.562. The molecule has 2 aromatic rings. The molecular formula is C16H21ClN2S. The van der Waals surface area contributed by atoms with Crippen molar-refractivity contribution in [2.45, 2.75) is 43.9 Å². The van der Waals surface area contributed by atoms with Crippen molar-refractivity contribution < 1.29 is 0 Å². The molecule has 0 bridgehead atoms. The second kappa shape index (κ2) is 6.40. The van der Waals surface area contributed by atoms with Gasteiger partial charge in [-0.1, -0.05) is 25.5 Å². The smallest absolute Gasteiger partial charge is 0.111 e. The quantitative estimate of drug-likeness (QED) is 0.747. The fourth-order valence-electron chi connectivity index (χ4n) is 3.34. The predicted molar refractivity (Wildman–Crippen MR) is 89.0 cm³/mol. The first-order valence-corrected chi connectivity index (χ1v) is 9.07. The molecule has 1 aromatic carbocycles. The van der Waals surface area contributed by atoms with E-state index in [0.717, 1.165) is 23.0 Å². The highest BCUT2D eigenvalue weighted by molar-refractivity contribution is 7.99. The molecule has 2 nitrogen and oxygen atoms in total. The van der Waals surface area contributed by atoms with Gasteiger partial charge in [0.1, 0.15) is 5.82 Å². The Kier molecular flexibility index (Phi) is 4.57. The zero-order valence-electron chi connectivity index (χ0n) is 11.9. The Morgan fingerprint density at radius 1 is 1.35 bits per heavy atom. The van der Waals surface area contributed by atoms with Crippen molar-refractivity contribution in [2.24, 2.45) is 0 Å². The summed E-state index contributed by atoms with van der Waals surface area (Å²) in [6.45, 7) is 2.26. The third-order valence-electron chi connectivity index (χ3n) is 4.12. The number of hydrogen-bond donors (Lipinski definition) is 0. The summed E-state index contributed by atoms with van der Waals surface area (Å²) in [5.41, 5.74) is 2.39. The molecule has 20 heavy (non-hydrogen) atoms. The summed E-state index contributed by atoms with van der Waals surface area (Å²) in [6.07, 6.45) is 4.79. The Bertz CT molecular complexity index is 581. The van der Waals surface area contributed by atoms with Gasteiger partial charge < -0.3 is 4.57 Å². The number of thioether (sulfide) groups is 1. The van der Waals surface area contributed by atoms with Crippen LogP contribution in [0.2, 0.25) is 0 Å². The lowest BCUT2D eigenvalue weighted by Crippen LogP contribution is -2.19. The van der Waals surface area contributed by atoms with E-state index >= 15 is 0 Å². The van der Waals surface area contributed by atoms with Gasteiger partial charge in [-0.25, -0.2) is 4.98 Å². The Balaban J connectivity index is 2.05. The van der Waals surface area contributed by atoms with Crippen molar-refractivity contribution >= 4 is 34.4 Å². The van der Waals surface area contributed by atoms with E-state index in [1.165, 1.54) is 30.5 Å². The number of aryl methyl sites for hydroxylation is 1. The molecule has 0 aliphatic heterocycles. The van der Waals surface area contributed by atoms with Crippen molar-refractivity contribution in [3.05, 3.63) is 30.1 Å². The minimum absolute atomic E-state index is 0.588. The molecule has 1 aromatic heterocycles. The molecule has 2 unspecified atom stereocenters. The third kappa shape index (κ3) is 2.58. The second-order valence-electron chi connectivity index (χ2n) is 5.32. The summed E-state index contributed by atoms with van der Waals surface area (Å²) in [5, 5.41) is 0.728. The van der Waals surface area contributed by atoms with E-state index < -0.39 is 0 Å². The van der Waals surface area contributed by atoms with Crippen molar-refractivity contribution in [3.8, 4) is 0 Å². The monoisotopic (exact) mass is 308 g/mol. The van der Waals surface area contributed by atoms with Crippen LogP contribution in [0.1, 0.15) is 38.1 Å². The molecule has 1 aliphatic carbocycles. The lowest BCUT2D eigenvalue weighted by atomic mass is 10.2. The number of rotatable bonds is 5. The van der Waals surface area contributed by atoms with E-state index in [9.17, 15) is 0 Å². The highest BCUT2D eigenvalue weighted by Crippen LogP contribution is 2.40. The molecule has 3 rings (SSSR count). The molecule has 4 heteroatoms. The molecule has 1 aliphatic rings. The molecule has 0 radical (unpaired) electrons. The number of nitrogens with zero attached hydrogens (tertiary/aromatic N) is 2. The first kappa shape index (κ1) is 14.3. The van der Waals surface area contributed by atoms with Gasteiger partial charge in [0, 0.05) is 23.6 Å². The second-order valence-corrected chi connectivity index (χ2v) is 7.21. The highest BCUT2D eigenvalue weighted by Gasteiger charge is 2.31. The SMILES string of the molecule is CCSC1CCCC1n1c(CCCl)nc2ccccc21. The molecule has 0 amide bonds. The van der Waals surface area contributed by atoms with Crippen LogP contribution in [0.4, 0.5) is 0 Å². The van der Waals surface area contributed by atoms with Crippen LogP contribution in [-0.2, 0) is 6.42 Å². The van der Waals surface area contributed by atoms with E-state index in [4.69, 9.17) is 16.6 Å². The Labute approximate surface area is 129 Å². The number of halogens is 1. The minimum atomic E-state index is 0.588. The van der Waals surface area contributed by atoms with Crippen LogP contribution < -0.4 is 0 Å². The van der Waals surface area contributed by atoms with Crippen molar-refractivity contribution in [3.63, 3.8) is 0 Å². The van der Waals surface area contributed by atoms with Crippen LogP contribution in [0.5, 0.6) is 0 Å². The van der Waals surface area contributed by atoms with Crippen LogP contribution in [0, 0.1) is 0 Å². The molecule has 0 saturated heterocycles. The zero-order valence-corrected chi connectivity index (χ0v) is 13.5. The first-order chi connectivity index (χ1) is 9.85. The van der Waals surface area contributed by atoms with Crippen LogP contribution in [0.25, 0.3) is 11.0 Å². The number of hydrogen-bond acceptors (Lipinski definition) is 2. The highest BCUT2D eigenvalue weighted by atomic mass is 35.5. The normalized spacial score (nSPS) is 22.7. The number of benzene rings is 1. The maximum Gasteiger partial charge on any atom is 0.111 e. The van der Waals surface area contributed by atoms with E-state index in [0.29, 0.717) is 11.9 Å². The molecule has 108 valence electrons. The van der Waals surface area contributed by atoms with Gasteiger partial charge in [-0.3, -0.25) is 0 Å². The summed E-state index contributed by atoms with van der Waals surface area (Å²) < 4.78 is 2.48. The Morgan fingerprint density at radius 3 is 3.00 bits per heavy atom. The van der Waals surface area contributed by atoms with Gasteiger partial charge in [0.25, 0.3) is 0 Å². The number of aromatic nitrogens is 2. The van der Waals surface area contributed by atoms with Crippen LogP contribution in [0.3, 0.4) is 0 Å². The van der Waals surface area contributed by atoms with Gasteiger partial charge in [0.05, 0.1) is 11.0 Å². The van der Waals surface area contributed by atoms with Crippen molar-refractivity contribution in [2.75, 3.05) is 11.6 Å². The summed E-state index contributed by atoms with van der Waals surface area (Å²) in [5.74, 6) is 3.00. The first-order valence-electron chi connectivity index (χ1n) is 7.48. The largest absolute Gasteiger partial charge is 0.324 e. The van der Waals surface area contributed by atoms with Crippen molar-refractivity contribution in [1.82, 2.24) is 9.55 Å². The van der Waals surface area contributed by atoms with Crippen LogP contribution in [0.15, 0.2) is 24.3 Å². The fourth-order valence-corrected chi connectivity index (χ4v) is 4.75. The van der Waals surface area contributed by atoms with Crippen molar-refractivity contribution in [1.29, 1.82) is 0 Å². The van der Waals surface area contributed by atoms with Gasteiger partial charge in [-0.15, -0.1) is 11.6 Å². The summed E-state index contributed by atoms with van der Waals surface area (Å²) in [4.78, 5) is 4.81. The van der Waals surface area contributed by atoms with E-state index in [1.54, 1.807) is 0 Å². The van der Waals surface area contributed by atoms with Crippen LogP contribution in [-0.4, -0.2) is 26.4 Å². The number of para-hydroxylation sites is 2. The standard InChI is InChI=1S/C16H21ClN2S/c1-2-20-15-9-5-8-14(15)19-13-7-4-3-6-12(13)18-16(19)10-11-17/h3-4,6-7,14-15H,2,5,8-11H2,1H3. The van der Waals surface area contributed by atoms with Crippen LogP contribution >= 0.6 is 23.4 Å². The molecule has 0 spiro atoms. The average Bonchev–Trinajstić information content (AvgIpc) is 3.03. The maximum atomic E-state index is 5.98. The minimum Gasteiger partial charge on any atom is -0.324 e. The molecule has 1 heterocycles. The van der Waals surface area contributed by atoms with E-state index in [1.807, 2.05) is 0 Å². The van der Waals surface area contributed by atoms with Gasteiger partial charge in [0.15, 0.2) is 0 Å².